The summed E-state index contributed by atoms with van der Waals surface area (Å²) >= 11 is 0. The second-order valence-corrected chi connectivity index (χ2v) is 7.12. The van der Waals surface area contributed by atoms with E-state index in [1.54, 1.807) is 37.5 Å². The van der Waals surface area contributed by atoms with Crippen molar-refractivity contribution in [3.63, 3.8) is 0 Å². The zero-order chi connectivity index (χ0) is 22.5. The molecule has 7 nitrogen and oxygen atoms in total. The molecule has 4 aromatic rings. The highest BCUT2D eigenvalue weighted by Gasteiger charge is 2.17. The molecular weight excluding hydrogens is 404 g/mol. The maximum atomic E-state index is 12.8. The Labute approximate surface area is 185 Å². The molecule has 2 N–H and O–H groups in total. The number of benzene rings is 3. The van der Waals surface area contributed by atoms with Gasteiger partial charge in [-0.2, -0.15) is 0 Å². The molecular formula is C25H22N4O3. The van der Waals surface area contributed by atoms with E-state index in [1.807, 2.05) is 54.6 Å². The molecule has 0 saturated heterocycles. The molecule has 0 aliphatic heterocycles. The normalized spacial score (nSPS) is 10.4. The van der Waals surface area contributed by atoms with Crippen LogP contribution >= 0.6 is 0 Å². The zero-order valence-corrected chi connectivity index (χ0v) is 17.7. The minimum absolute atomic E-state index is 0.236. The average Bonchev–Trinajstić information content (AvgIpc) is 3.21. The zero-order valence-electron chi connectivity index (χ0n) is 17.7. The third-order valence-electron chi connectivity index (χ3n) is 4.90. The van der Waals surface area contributed by atoms with Gasteiger partial charge >= 0.3 is 0 Å². The van der Waals surface area contributed by atoms with Crippen molar-refractivity contribution in [3.05, 3.63) is 96.2 Å². The number of para-hydroxylation sites is 1. The van der Waals surface area contributed by atoms with Gasteiger partial charge in [0.1, 0.15) is 5.56 Å². The summed E-state index contributed by atoms with van der Waals surface area (Å²) in [7, 11) is 3.17. The predicted molar refractivity (Wildman–Crippen MR) is 124 cm³/mol. The van der Waals surface area contributed by atoms with Crippen molar-refractivity contribution in [1.82, 2.24) is 9.78 Å². The highest BCUT2D eigenvalue weighted by Crippen LogP contribution is 2.28. The Kier molecular flexibility index (Phi) is 5.98. The number of nitrogens with zero attached hydrogens (tertiary/aromatic N) is 2. The summed E-state index contributed by atoms with van der Waals surface area (Å²) in [5, 5.41) is 9.84. The fourth-order valence-corrected chi connectivity index (χ4v) is 3.33. The van der Waals surface area contributed by atoms with E-state index in [0.717, 1.165) is 16.8 Å². The Morgan fingerprint density at radius 1 is 0.844 bits per heavy atom. The lowest BCUT2D eigenvalue weighted by atomic mass is 10.0. The number of aryl methyl sites for hydroxylation is 1. The van der Waals surface area contributed by atoms with Crippen LogP contribution in [0.4, 0.5) is 11.4 Å². The second kappa shape index (κ2) is 9.18. The molecule has 0 radical (unpaired) electrons. The number of methoxy groups -OCH3 is 1. The maximum absolute atomic E-state index is 12.8. The van der Waals surface area contributed by atoms with Gasteiger partial charge in [-0.15, -0.1) is 5.10 Å². The van der Waals surface area contributed by atoms with Crippen molar-refractivity contribution >= 4 is 23.2 Å². The van der Waals surface area contributed by atoms with Gasteiger partial charge in [0.15, 0.2) is 0 Å². The summed E-state index contributed by atoms with van der Waals surface area (Å²) in [6.07, 6.45) is 1.58. The molecule has 1 heterocycles. The Bertz CT molecular complexity index is 1250. The Balaban J connectivity index is 1.47. The number of anilines is 2. The first-order valence-electron chi connectivity index (χ1n) is 10.00. The van der Waals surface area contributed by atoms with E-state index in [4.69, 9.17) is 4.74 Å². The molecule has 0 aliphatic carbocycles. The van der Waals surface area contributed by atoms with E-state index < -0.39 is 0 Å². The average molecular weight is 426 g/mol. The van der Waals surface area contributed by atoms with Crippen LogP contribution in [0.15, 0.2) is 85.1 Å². The highest BCUT2D eigenvalue weighted by atomic mass is 16.5. The number of hydrogen-bond acceptors (Lipinski definition) is 4. The van der Waals surface area contributed by atoms with E-state index in [2.05, 4.69) is 15.7 Å². The minimum atomic E-state index is -0.344. The molecule has 32 heavy (non-hydrogen) atoms. The van der Waals surface area contributed by atoms with E-state index >= 15 is 0 Å². The number of aromatic nitrogens is 2. The summed E-state index contributed by atoms with van der Waals surface area (Å²) in [6, 6.07) is 24.2. The van der Waals surface area contributed by atoms with Crippen molar-refractivity contribution in [2.24, 2.45) is 7.05 Å². The lowest BCUT2D eigenvalue weighted by Gasteiger charge is -2.12. The lowest BCUT2D eigenvalue weighted by molar-refractivity contribution is 0.101. The Hall–Kier alpha value is -4.39. The Morgan fingerprint density at radius 3 is 2.25 bits per heavy atom. The van der Waals surface area contributed by atoms with Crippen molar-refractivity contribution in [2.45, 2.75) is 0 Å². The van der Waals surface area contributed by atoms with Crippen LogP contribution in [0.2, 0.25) is 0 Å². The second-order valence-electron chi connectivity index (χ2n) is 7.12. The molecule has 1 aromatic heterocycles. The molecule has 7 heteroatoms. The van der Waals surface area contributed by atoms with Crippen LogP contribution < -0.4 is 15.4 Å². The van der Waals surface area contributed by atoms with Crippen LogP contribution in [-0.4, -0.2) is 28.7 Å². The number of ether oxygens (including phenoxy) is 1. The molecule has 0 aliphatic rings. The fraction of sp³-hybridized carbons (Fsp3) is 0.0800. The molecule has 0 saturated carbocycles. The predicted octanol–water partition coefficient (Wildman–Crippen LogP) is 4.60. The largest absolute Gasteiger partial charge is 0.479 e. The van der Waals surface area contributed by atoms with Crippen molar-refractivity contribution in [1.29, 1.82) is 0 Å². The van der Waals surface area contributed by atoms with Gasteiger partial charge in [0.05, 0.1) is 7.11 Å². The van der Waals surface area contributed by atoms with Crippen LogP contribution in [0.5, 0.6) is 5.88 Å². The molecule has 3 aromatic carbocycles. The molecule has 4 rings (SSSR count). The highest BCUT2D eigenvalue weighted by molar-refractivity contribution is 6.08. The number of rotatable bonds is 6. The van der Waals surface area contributed by atoms with Gasteiger partial charge in [-0.25, -0.2) is 0 Å². The number of amides is 2. The van der Waals surface area contributed by atoms with E-state index in [9.17, 15) is 9.59 Å². The smallest absolute Gasteiger partial charge is 0.262 e. The third-order valence-corrected chi connectivity index (χ3v) is 4.90. The molecule has 160 valence electrons. The number of hydrogen-bond donors (Lipinski definition) is 2. The van der Waals surface area contributed by atoms with Gasteiger partial charge in [-0.1, -0.05) is 48.5 Å². The van der Waals surface area contributed by atoms with Crippen LogP contribution in [0, 0.1) is 0 Å². The van der Waals surface area contributed by atoms with E-state index in [-0.39, 0.29) is 17.7 Å². The first kappa shape index (κ1) is 20.9. The van der Waals surface area contributed by atoms with Gasteiger partial charge in [0.25, 0.3) is 11.8 Å². The quantitative estimate of drug-likeness (QED) is 0.472. The molecule has 0 fully saturated rings. The number of nitrogens with one attached hydrogen (secondary N) is 2. The lowest BCUT2D eigenvalue weighted by Crippen LogP contribution is -2.14. The SMILES string of the molecule is COc1nn(C)cc1C(=O)Nc1ccc(C(=O)Nc2ccccc2-c2ccccc2)cc1. The topological polar surface area (TPSA) is 85.2 Å². The van der Waals surface area contributed by atoms with Gasteiger partial charge in [0.2, 0.25) is 5.88 Å². The van der Waals surface area contributed by atoms with Gasteiger partial charge in [0, 0.05) is 35.7 Å². The maximum Gasteiger partial charge on any atom is 0.262 e. The summed E-state index contributed by atoms with van der Waals surface area (Å²) in [5.41, 5.74) is 4.05. The van der Waals surface area contributed by atoms with Crippen molar-refractivity contribution in [2.75, 3.05) is 17.7 Å². The number of carbonyl (C=O) groups is 2. The molecule has 0 unspecified atom stereocenters. The first-order valence-corrected chi connectivity index (χ1v) is 10.00. The van der Waals surface area contributed by atoms with Crippen LogP contribution in [-0.2, 0) is 7.05 Å². The third kappa shape index (κ3) is 4.52. The fourth-order valence-electron chi connectivity index (χ4n) is 3.33. The first-order chi connectivity index (χ1) is 15.5. The van der Waals surface area contributed by atoms with Gasteiger partial charge < -0.3 is 15.4 Å². The van der Waals surface area contributed by atoms with Crippen LogP contribution in [0.25, 0.3) is 11.1 Å². The van der Waals surface area contributed by atoms with Gasteiger partial charge in [-0.05, 0) is 35.9 Å². The Morgan fingerprint density at radius 2 is 1.53 bits per heavy atom. The van der Waals surface area contributed by atoms with Gasteiger partial charge in [-0.3, -0.25) is 14.3 Å². The minimum Gasteiger partial charge on any atom is -0.479 e. The number of carbonyl (C=O) groups excluding carboxylic acids is 2. The summed E-state index contributed by atoms with van der Waals surface area (Å²) in [6.45, 7) is 0. The van der Waals surface area contributed by atoms with Crippen molar-refractivity contribution in [3.8, 4) is 17.0 Å². The molecule has 2 amide bonds. The van der Waals surface area contributed by atoms with Crippen LogP contribution in [0.1, 0.15) is 20.7 Å². The summed E-state index contributed by atoms with van der Waals surface area (Å²) < 4.78 is 6.64. The monoisotopic (exact) mass is 426 g/mol. The molecule has 0 atom stereocenters. The van der Waals surface area contributed by atoms with E-state index in [1.165, 1.54) is 11.8 Å². The molecule has 0 spiro atoms. The van der Waals surface area contributed by atoms with Crippen molar-refractivity contribution < 1.29 is 14.3 Å². The standard InChI is InChI=1S/C25H22N4O3/c1-29-16-21(25(28-29)32-2)24(31)26-19-14-12-18(13-15-19)23(30)27-22-11-7-6-10-20(22)17-8-4-3-5-9-17/h3-16H,1-2H3,(H,26,31)(H,27,30). The molecule has 0 bridgehead atoms. The summed E-state index contributed by atoms with van der Waals surface area (Å²) in [5.74, 6) is -0.331. The van der Waals surface area contributed by atoms with E-state index in [0.29, 0.717) is 16.8 Å². The van der Waals surface area contributed by atoms with Crippen LogP contribution in [0.3, 0.4) is 0 Å². The summed E-state index contributed by atoms with van der Waals surface area (Å²) in [4.78, 5) is 25.3.